The number of halogens is 1. The second-order valence-electron chi connectivity index (χ2n) is 7.38. The first kappa shape index (κ1) is 20.1. The van der Waals surface area contributed by atoms with E-state index >= 15 is 0 Å². The minimum absolute atomic E-state index is 0.274. The van der Waals surface area contributed by atoms with Gasteiger partial charge in [0, 0.05) is 29.9 Å². The van der Waals surface area contributed by atoms with Gasteiger partial charge < -0.3 is 18.9 Å². The van der Waals surface area contributed by atoms with Gasteiger partial charge in [0.2, 0.25) is 5.89 Å². The van der Waals surface area contributed by atoms with E-state index in [-0.39, 0.29) is 5.82 Å². The highest BCUT2D eigenvalue weighted by Crippen LogP contribution is 2.38. The number of methoxy groups -OCH3 is 1. The lowest BCUT2D eigenvalue weighted by Crippen LogP contribution is -1.98. The van der Waals surface area contributed by atoms with Crippen molar-refractivity contribution in [3.8, 4) is 17.3 Å². The molecule has 0 bridgehead atoms. The molecule has 5 rings (SSSR count). The zero-order chi connectivity index (χ0) is 22.1. The van der Waals surface area contributed by atoms with Crippen molar-refractivity contribution in [1.29, 1.82) is 0 Å². The number of aromatic amines is 1. The van der Waals surface area contributed by atoms with Crippen LogP contribution in [-0.2, 0) is 24.4 Å². The van der Waals surface area contributed by atoms with Crippen LogP contribution in [0, 0.1) is 5.82 Å². The molecule has 1 N–H and O–H groups in total. The lowest BCUT2D eigenvalue weighted by molar-refractivity contribution is 0.186. The molecule has 3 aromatic heterocycles. The normalized spacial score (nSPS) is 11.5. The van der Waals surface area contributed by atoms with Gasteiger partial charge in [-0.15, -0.1) is 10.2 Å². The molecule has 0 spiro atoms. The number of pyridine rings is 1. The number of nitrogens with zero attached hydrogens (tertiary/aromatic N) is 3. The second kappa shape index (κ2) is 8.39. The second-order valence-corrected chi connectivity index (χ2v) is 7.38. The number of benzene rings is 2. The van der Waals surface area contributed by atoms with Crippen LogP contribution in [0.2, 0.25) is 0 Å². The molecule has 0 amide bonds. The molecule has 5 aromatic rings. The molecule has 2 aromatic carbocycles. The van der Waals surface area contributed by atoms with E-state index in [1.807, 2.05) is 25.1 Å². The zero-order valence-electron chi connectivity index (χ0n) is 17.7. The smallest absolute Gasteiger partial charge is 0.266 e. The van der Waals surface area contributed by atoms with Gasteiger partial charge in [-0.05, 0) is 29.8 Å². The van der Waals surface area contributed by atoms with Crippen LogP contribution in [0.5, 0.6) is 5.75 Å². The first-order valence-corrected chi connectivity index (χ1v) is 10.3. The highest BCUT2D eigenvalue weighted by Gasteiger charge is 2.21. The predicted octanol–water partition coefficient (Wildman–Crippen LogP) is 5.19. The Hall–Kier alpha value is -3.78. The summed E-state index contributed by atoms with van der Waals surface area (Å²) in [5, 5.41) is 10.1. The Kier molecular flexibility index (Phi) is 5.28. The summed E-state index contributed by atoms with van der Waals surface area (Å²) in [6, 6.07) is 12.1. The van der Waals surface area contributed by atoms with E-state index in [4.69, 9.17) is 13.9 Å². The Balaban J connectivity index is 1.65. The van der Waals surface area contributed by atoms with E-state index in [1.54, 1.807) is 25.4 Å². The summed E-state index contributed by atoms with van der Waals surface area (Å²) in [5.74, 6) is 1.33. The lowest BCUT2D eigenvalue weighted by atomic mass is 10.0. The maximum atomic E-state index is 13.2. The van der Waals surface area contributed by atoms with Crippen molar-refractivity contribution < 1.29 is 18.3 Å². The molecule has 8 heteroatoms. The molecule has 32 heavy (non-hydrogen) atoms. The topological polar surface area (TPSA) is 86.1 Å². The fourth-order valence-electron chi connectivity index (χ4n) is 3.79. The molecule has 0 atom stereocenters. The van der Waals surface area contributed by atoms with Gasteiger partial charge in [-0.3, -0.25) is 0 Å². The van der Waals surface area contributed by atoms with E-state index in [9.17, 15) is 4.39 Å². The van der Waals surface area contributed by atoms with Gasteiger partial charge in [-0.1, -0.05) is 25.1 Å². The predicted molar refractivity (Wildman–Crippen MR) is 118 cm³/mol. The van der Waals surface area contributed by atoms with Gasteiger partial charge in [-0.25, -0.2) is 9.37 Å². The van der Waals surface area contributed by atoms with Gasteiger partial charge in [0.05, 0.1) is 23.8 Å². The first-order valence-electron chi connectivity index (χ1n) is 10.3. The number of nitrogens with one attached hydrogen (secondary N) is 1. The summed E-state index contributed by atoms with van der Waals surface area (Å²) in [6.45, 7) is 2.57. The average molecular weight is 432 g/mol. The van der Waals surface area contributed by atoms with Crippen LogP contribution in [0.3, 0.4) is 0 Å². The van der Waals surface area contributed by atoms with E-state index < -0.39 is 0 Å². The van der Waals surface area contributed by atoms with Crippen molar-refractivity contribution in [2.45, 2.75) is 26.6 Å². The summed E-state index contributed by atoms with van der Waals surface area (Å²) in [6.07, 6.45) is 2.40. The maximum absolute atomic E-state index is 13.2. The van der Waals surface area contributed by atoms with Crippen LogP contribution in [0.15, 0.2) is 53.1 Å². The summed E-state index contributed by atoms with van der Waals surface area (Å²) in [4.78, 5) is 7.99. The summed E-state index contributed by atoms with van der Waals surface area (Å²) in [7, 11) is 1.63. The molecule has 0 fully saturated rings. The van der Waals surface area contributed by atoms with Gasteiger partial charge >= 0.3 is 0 Å². The van der Waals surface area contributed by atoms with Gasteiger partial charge in [0.25, 0.3) is 5.89 Å². The number of fused-ring (bicyclic) bond motifs is 3. The molecule has 0 saturated carbocycles. The minimum Gasteiger partial charge on any atom is -0.488 e. The standard InChI is InChI=1S/C24H21FN4O3/c1-3-20-28-29-24(32-20)23-16(13-30-2)21-18(11-26-23)27-17-5-4-6-19(22(17)21)31-12-14-7-9-15(25)10-8-14/h4-11,27H,3,12-13H2,1-2H3. The number of hydrogen-bond donors (Lipinski definition) is 1. The molecule has 7 nitrogen and oxygen atoms in total. The number of rotatable bonds is 7. The van der Waals surface area contributed by atoms with Gasteiger partial charge in [-0.2, -0.15) is 0 Å². The first-order chi connectivity index (χ1) is 15.7. The maximum Gasteiger partial charge on any atom is 0.266 e. The number of H-pyrrole nitrogens is 1. The van der Waals surface area contributed by atoms with Crippen molar-refractivity contribution in [3.63, 3.8) is 0 Å². The third kappa shape index (κ3) is 3.58. The van der Waals surface area contributed by atoms with Crippen molar-refractivity contribution in [3.05, 3.63) is 71.5 Å². The van der Waals surface area contributed by atoms with Gasteiger partial charge in [0.1, 0.15) is 23.9 Å². The fraction of sp³-hybridized carbons (Fsp3) is 0.208. The Morgan fingerprint density at radius 1 is 1.00 bits per heavy atom. The van der Waals surface area contributed by atoms with Crippen LogP contribution in [0.1, 0.15) is 23.9 Å². The van der Waals surface area contributed by atoms with Crippen molar-refractivity contribution in [2.75, 3.05) is 7.11 Å². The number of aryl methyl sites for hydroxylation is 1. The molecule has 0 aliphatic rings. The van der Waals surface area contributed by atoms with E-state index in [0.29, 0.717) is 42.9 Å². The van der Waals surface area contributed by atoms with Crippen molar-refractivity contribution in [1.82, 2.24) is 20.2 Å². The van der Waals surface area contributed by atoms with E-state index in [2.05, 4.69) is 20.2 Å². The van der Waals surface area contributed by atoms with Crippen LogP contribution in [0.4, 0.5) is 4.39 Å². The largest absolute Gasteiger partial charge is 0.488 e. The fourth-order valence-corrected chi connectivity index (χ4v) is 3.79. The third-order valence-electron chi connectivity index (χ3n) is 5.29. The monoisotopic (exact) mass is 432 g/mol. The minimum atomic E-state index is -0.274. The quantitative estimate of drug-likeness (QED) is 0.381. The van der Waals surface area contributed by atoms with Crippen molar-refractivity contribution >= 4 is 21.8 Å². The van der Waals surface area contributed by atoms with E-state index in [1.165, 1.54) is 12.1 Å². The lowest BCUT2D eigenvalue weighted by Gasteiger charge is -2.11. The molecule has 0 unspecified atom stereocenters. The molecule has 0 radical (unpaired) electrons. The van der Waals surface area contributed by atoms with E-state index in [0.717, 1.165) is 32.9 Å². The molecule has 0 aliphatic carbocycles. The molecular formula is C24H21FN4O3. The third-order valence-corrected chi connectivity index (χ3v) is 5.29. The molecule has 3 heterocycles. The van der Waals surface area contributed by atoms with Gasteiger partial charge in [0.15, 0.2) is 0 Å². The number of aromatic nitrogens is 4. The summed E-state index contributed by atoms with van der Waals surface area (Å²) < 4.78 is 30.7. The Morgan fingerprint density at radius 2 is 1.84 bits per heavy atom. The van der Waals surface area contributed by atoms with Crippen molar-refractivity contribution in [2.24, 2.45) is 0 Å². The summed E-state index contributed by atoms with van der Waals surface area (Å²) in [5.41, 5.74) is 4.05. The van der Waals surface area contributed by atoms with Crippen LogP contribution >= 0.6 is 0 Å². The Morgan fingerprint density at radius 3 is 2.59 bits per heavy atom. The number of ether oxygens (including phenoxy) is 2. The van der Waals surface area contributed by atoms with Crippen LogP contribution < -0.4 is 4.74 Å². The highest BCUT2D eigenvalue weighted by molar-refractivity contribution is 6.12. The SMILES string of the molecule is CCc1nnc(-c2ncc3[nH]c4cccc(OCc5ccc(F)cc5)c4c3c2COC)o1. The molecular weight excluding hydrogens is 411 g/mol. The molecule has 0 saturated heterocycles. The number of hydrogen-bond acceptors (Lipinski definition) is 6. The average Bonchev–Trinajstić information content (AvgIpc) is 3.44. The molecule has 162 valence electrons. The van der Waals surface area contributed by atoms with Crippen LogP contribution in [-0.4, -0.2) is 27.3 Å². The zero-order valence-corrected chi connectivity index (χ0v) is 17.7. The summed E-state index contributed by atoms with van der Waals surface area (Å²) >= 11 is 0. The van der Waals surface area contributed by atoms with Crippen LogP contribution in [0.25, 0.3) is 33.4 Å². The highest BCUT2D eigenvalue weighted by atomic mass is 19.1. The Labute approximate surface area is 183 Å². The Bertz CT molecular complexity index is 1390. The molecule has 0 aliphatic heterocycles.